The van der Waals surface area contributed by atoms with Crippen LogP contribution in [0, 0.1) is 19.8 Å². The third-order valence-electron chi connectivity index (χ3n) is 4.54. The van der Waals surface area contributed by atoms with Crippen LogP contribution in [-0.4, -0.2) is 32.5 Å². The summed E-state index contributed by atoms with van der Waals surface area (Å²) in [7, 11) is 0. The molecule has 0 radical (unpaired) electrons. The molecule has 2 heterocycles. The second kappa shape index (κ2) is 6.41. The summed E-state index contributed by atoms with van der Waals surface area (Å²) in [6.45, 7) is 9.42. The highest BCUT2D eigenvalue weighted by molar-refractivity contribution is 7.17. The second-order valence-corrected chi connectivity index (χ2v) is 7.37. The zero-order valence-electron chi connectivity index (χ0n) is 14.1. The van der Waals surface area contributed by atoms with Crippen LogP contribution in [-0.2, 0) is 0 Å². The van der Waals surface area contributed by atoms with E-state index in [0.717, 1.165) is 17.0 Å². The predicted molar refractivity (Wildman–Crippen MR) is 91.2 cm³/mol. The summed E-state index contributed by atoms with van der Waals surface area (Å²) in [6, 6.07) is 0. The first kappa shape index (κ1) is 17.6. The van der Waals surface area contributed by atoms with E-state index < -0.39 is 11.5 Å². The Hall–Kier alpha value is -1.73. The van der Waals surface area contributed by atoms with E-state index in [9.17, 15) is 14.7 Å². The Morgan fingerprint density at radius 2 is 2.17 bits per heavy atom. The molecule has 2 atom stereocenters. The molecule has 0 spiro atoms. The molecule has 0 aliphatic heterocycles. The summed E-state index contributed by atoms with van der Waals surface area (Å²) in [5.41, 5.74) is -0.614. The highest BCUT2D eigenvalue weighted by atomic mass is 32.1. The number of fused-ring (bicyclic) bond motifs is 1. The second-order valence-electron chi connectivity index (χ2n) is 6.19. The summed E-state index contributed by atoms with van der Waals surface area (Å²) in [5, 5.41) is 13.0. The molecule has 6 nitrogen and oxygen atoms in total. The number of aromatic nitrogens is 2. The number of rotatable bonds is 5. The molecule has 0 fully saturated rings. The van der Waals surface area contributed by atoms with Crippen molar-refractivity contribution in [3.63, 3.8) is 0 Å². The molecule has 0 aromatic carbocycles. The first-order valence-corrected chi connectivity index (χ1v) is 8.49. The Balaban J connectivity index is 2.27. The van der Waals surface area contributed by atoms with Gasteiger partial charge in [0.2, 0.25) is 0 Å². The molecule has 0 saturated heterocycles. The van der Waals surface area contributed by atoms with Gasteiger partial charge in [0.05, 0.1) is 5.60 Å². The fourth-order valence-corrected chi connectivity index (χ4v) is 3.23. The maximum Gasteiger partial charge on any atom is 0.271 e. The topological polar surface area (TPSA) is 83.7 Å². The minimum absolute atomic E-state index is 0.0108. The number of aryl methyl sites for hydroxylation is 2. The number of carbonyl (C=O) groups is 1. The molecule has 0 unspecified atom stereocenters. The molecule has 0 saturated carbocycles. The Labute approximate surface area is 139 Å². The number of nitrogens with zero attached hydrogens (tertiary/aromatic N) is 2. The van der Waals surface area contributed by atoms with Crippen LogP contribution in [0.3, 0.4) is 0 Å². The Bertz CT molecular complexity index is 792. The van der Waals surface area contributed by atoms with E-state index in [1.54, 1.807) is 6.92 Å². The molecule has 0 bridgehead atoms. The molecular formula is C16H23N3O3S. The van der Waals surface area contributed by atoms with Crippen LogP contribution >= 0.6 is 11.3 Å². The average molecular weight is 337 g/mol. The SMILES string of the molecule is CC[C@H](C)[C@@](C)(O)CNC(=O)c1cnc2sc(C)c(C)n2c1=O. The van der Waals surface area contributed by atoms with Gasteiger partial charge in [0.15, 0.2) is 4.96 Å². The van der Waals surface area contributed by atoms with Crippen LogP contribution in [0.4, 0.5) is 0 Å². The Morgan fingerprint density at radius 1 is 1.52 bits per heavy atom. The van der Waals surface area contributed by atoms with Crippen molar-refractivity contribution in [1.82, 2.24) is 14.7 Å². The Morgan fingerprint density at radius 3 is 2.78 bits per heavy atom. The number of nitrogens with one attached hydrogen (secondary N) is 1. The lowest BCUT2D eigenvalue weighted by Crippen LogP contribution is -2.46. The zero-order valence-corrected chi connectivity index (χ0v) is 15.0. The van der Waals surface area contributed by atoms with Gasteiger partial charge in [-0.15, -0.1) is 11.3 Å². The van der Waals surface area contributed by atoms with Crippen molar-refractivity contribution in [2.24, 2.45) is 5.92 Å². The van der Waals surface area contributed by atoms with Crippen LogP contribution in [0.2, 0.25) is 0 Å². The summed E-state index contributed by atoms with van der Waals surface area (Å²) in [6.07, 6.45) is 2.10. The van der Waals surface area contributed by atoms with Gasteiger partial charge in [-0.25, -0.2) is 4.98 Å². The maximum atomic E-state index is 12.5. The smallest absolute Gasteiger partial charge is 0.271 e. The van der Waals surface area contributed by atoms with E-state index in [0.29, 0.717) is 4.96 Å². The van der Waals surface area contributed by atoms with Crippen molar-refractivity contribution in [1.29, 1.82) is 0 Å². The maximum absolute atomic E-state index is 12.5. The van der Waals surface area contributed by atoms with Crippen LogP contribution < -0.4 is 10.9 Å². The number of hydrogen-bond donors (Lipinski definition) is 2. The summed E-state index contributed by atoms with van der Waals surface area (Å²) < 4.78 is 1.46. The lowest BCUT2D eigenvalue weighted by Gasteiger charge is -2.29. The number of aliphatic hydroxyl groups is 1. The molecule has 2 aromatic rings. The third-order valence-corrected chi connectivity index (χ3v) is 5.62. The number of thiazole rings is 1. The van der Waals surface area contributed by atoms with Crippen molar-refractivity contribution >= 4 is 22.2 Å². The summed E-state index contributed by atoms with van der Waals surface area (Å²) in [5.74, 6) is -0.477. The number of carbonyl (C=O) groups excluding carboxylic acids is 1. The molecule has 0 aliphatic rings. The van der Waals surface area contributed by atoms with Crippen molar-refractivity contribution in [3.05, 3.63) is 32.7 Å². The minimum Gasteiger partial charge on any atom is -0.388 e. The van der Waals surface area contributed by atoms with Crippen molar-refractivity contribution in [2.75, 3.05) is 6.54 Å². The number of hydrogen-bond acceptors (Lipinski definition) is 5. The van der Waals surface area contributed by atoms with Gasteiger partial charge in [0.25, 0.3) is 11.5 Å². The molecule has 2 rings (SSSR count). The van der Waals surface area contributed by atoms with E-state index in [2.05, 4.69) is 10.3 Å². The van der Waals surface area contributed by atoms with Gasteiger partial charge >= 0.3 is 0 Å². The molecule has 2 aromatic heterocycles. The largest absolute Gasteiger partial charge is 0.388 e. The van der Waals surface area contributed by atoms with Crippen molar-refractivity contribution in [2.45, 2.75) is 46.6 Å². The van der Waals surface area contributed by atoms with Crippen molar-refractivity contribution < 1.29 is 9.90 Å². The first-order chi connectivity index (χ1) is 10.7. The van der Waals surface area contributed by atoms with Crippen LogP contribution in [0.5, 0.6) is 0 Å². The van der Waals surface area contributed by atoms with Gasteiger partial charge in [-0.2, -0.15) is 0 Å². The highest BCUT2D eigenvalue weighted by Gasteiger charge is 2.28. The van der Waals surface area contributed by atoms with Crippen molar-refractivity contribution in [3.8, 4) is 0 Å². The summed E-state index contributed by atoms with van der Waals surface area (Å²) >= 11 is 1.42. The third kappa shape index (κ3) is 3.30. The van der Waals surface area contributed by atoms with E-state index in [1.165, 1.54) is 21.9 Å². The molecule has 23 heavy (non-hydrogen) atoms. The first-order valence-electron chi connectivity index (χ1n) is 7.67. The predicted octanol–water partition coefficient (Wildman–Crippen LogP) is 1.90. The monoisotopic (exact) mass is 337 g/mol. The van der Waals surface area contributed by atoms with Gasteiger partial charge in [0, 0.05) is 23.3 Å². The standard InChI is InChI=1S/C16H23N3O3S/c1-6-9(2)16(5,22)8-18-13(20)12-7-17-15-19(14(12)21)10(3)11(4)23-15/h7,9,22H,6,8H2,1-5H3,(H,18,20)/t9-,16-/m0/s1. The fourth-order valence-electron chi connectivity index (χ4n) is 2.30. The molecule has 0 aliphatic carbocycles. The van der Waals surface area contributed by atoms with Gasteiger partial charge in [-0.05, 0) is 26.7 Å². The van der Waals surface area contributed by atoms with E-state index in [4.69, 9.17) is 0 Å². The van der Waals surface area contributed by atoms with Gasteiger partial charge in [-0.3, -0.25) is 14.0 Å². The normalized spacial score (nSPS) is 15.4. The molecule has 126 valence electrons. The number of amides is 1. The van der Waals surface area contributed by atoms with Gasteiger partial charge < -0.3 is 10.4 Å². The van der Waals surface area contributed by atoms with Crippen LogP contribution in [0.25, 0.3) is 4.96 Å². The zero-order chi connectivity index (χ0) is 17.4. The Kier molecular flexibility index (Phi) is 4.91. The fraction of sp³-hybridized carbons (Fsp3) is 0.562. The van der Waals surface area contributed by atoms with E-state index in [1.807, 2.05) is 27.7 Å². The quantitative estimate of drug-likeness (QED) is 0.873. The molecule has 1 amide bonds. The molecule has 2 N–H and O–H groups in total. The molecule has 7 heteroatoms. The minimum atomic E-state index is -1.02. The van der Waals surface area contributed by atoms with Gasteiger partial charge in [0.1, 0.15) is 5.56 Å². The molecular weight excluding hydrogens is 314 g/mol. The van der Waals surface area contributed by atoms with Crippen LogP contribution in [0.15, 0.2) is 11.0 Å². The lowest BCUT2D eigenvalue weighted by atomic mass is 9.88. The van der Waals surface area contributed by atoms with E-state index in [-0.39, 0.29) is 23.6 Å². The van der Waals surface area contributed by atoms with E-state index >= 15 is 0 Å². The van der Waals surface area contributed by atoms with Crippen LogP contribution in [0.1, 0.15) is 48.1 Å². The highest BCUT2D eigenvalue weighted by Crippen LogP contribution is 2.20. The average Bonchev–Trinajstić information content (AvgIpc) is 2.80. The lowest BCUT2D eigenvalue weighted by molar-refractivity contribution is 0.00590. The van der Waals surface area contributed by atoms with Gasteiger partial charge in [-0.1, -0.05) is 20.3 Å². The summed E-state index contributed by atoms with van der Waals surface area (Å²) in [4.78, 5) is 30.6.